The average molecular weight is 1930 g/mol. The van der Waals surface area contributed by atoms with E-state index >= 15 is 0 Å². The van der Waals surface area contributed by atoms with E-state index < -0.39 is 11.7 Å². The fourth-order valence-electron chi connectivity index (χ4n) is 16.0. The summed E-state index contributed by atoms with van der Waals surface area (Å²) in [6.45, 7) is 7.67. The predicted molar refractivity (Wildman–Crippen MR) is 540 cm³/mol. The van der Waals surface area contributed by atoms with Crippen molar-refractivity contribution in [1.29, 1.82) is 0 Å². The minimum Gasteiger partial charge on any atom is -0.497 e. The topological polar surface area (TPSA) is 240 Å². The van der Waals surface area contributed by atoms with Crippen molar-refractivity contribution in [2.45, 2.75) is 32.6 Å². The van der Waals surface area contributed by atoms with Crippen molar-refractivity contribution in [3.05, 3.63) is 357 Å². The second kappa shape index (κ2) is 42.3. The molecule has 0 radical (unpaired) electrons. The fourth-order valence-corrected chi connectivity index (χ4v) is 17.6. The Hall–Kier alpha value is -15.3. The lowest BCUT2D eigenvalue weighted by Gasteiger charge is -2.26. The second-order valence-corrected chi connectivity index (χ2v) is 33.7. The molecule has 1 aliphatic rings. The Morgan fingerprint density at radius 3 is 1.01 bits per heavy atom. The van der Waals surface area contributed by atoms with Crippen molar-refractivity contribution >= 4 is 113 Å². The Morgan fingerprint density at radius 2 is 0.630 bits per heavy atom. The van der Waals surface area contributed by atoms with Gasteiger partial charge in [-0.05, 0) is 54.1 Å². The first-order valence-corrected chi connectivity index (χ1v) is 45.9. The summed E-state index contributed by atoms with van der Waals surface area (Å²) in [7, 11) is 7.04. The number of alkyl halides is 3. The number of aryl methyl sites for hydroxylation is 3. The molecule has 0 atom stereocenters. The van der Waals surface area contributed by atoms with E-state index in [2.05, 4.69) is 95.2 Å². The summed E-state index contributed by atoms with van der Waals surface area (Å²) in [5.41, 5.74) is 19.8. The van der Waals surface area contributed by atoms with Gasteiger partial charge in [-0.15, -0.1) is 51.0 Å². The lowest BCUT2D eigenvalue weighted by atomic mass is 10.0. The van der Waals surface area contributed by atoms with Gasteiger partial charge < -0.3 is 9.47 Å². The van der Waals surface area contributed by atoms with E-state index in [4.69, 9.17) is 77.7 Å². The normalized spacial score (nSPS) is 12.0. The predicted octanol–water partition coefficient (Wildman–Crippen LogP) is 24.8. The van der Waals surface area contributed by atoms with Gasteiger partial charge in [0.25, 0.3) is 0 Å². The molecule has 1 fully saturated rings. The number of fused-ring (bicyclic) bond motifs is 5. The van der Waals surface area contributed by atoms with Crippen LogP contribution in [-0.2, 0) is 45.1 Å². The highest BCUT2D eigenvalue weighted by molar-refractivity contribution is 6.41. The number of hydrogen-bond acceptors (Lipinski definition) is 18. The van der Waals surface area contributed by atoms with Gasteiger partial charge in [0.1, 0.15) is 62.7 Å². The molecule has 11 heterocycles. The molecule has 0 aliphatic carbocycles. The van der Waals surface area contributed by atoms with Crippen LogP contribution in [0.15, 0.2) is 315 Å². The van der Waals surface area contributed by atoms with E-state index in [0.29, 0.717) is 88.7 Å². The monoisotopic (exact) mass is 1930 g/mol. The number of ether oxygens (including phenoxy) is 2. The molecular weight excluding hydrogens is 1850 g/mol. The zero-order chi connectivity index (χ0) is 95.3. The number of aromatic nitrogens is 20. The quantitative estimate of drug-likeness (QED) is 0.0817. The standard InChI is InChI=1S/C24H17ClN4.C23H22ClN5O.C22H17ClN4.C19H12ClF3N4.C19H15ClN4O/c25-21-20-22(18-12-6-2-7-13-18)28-29(16-17-10-4-1-5-11-17)24(20)27-26-23(21)19-14-8-3-9-15-19;24-20-19-21(17-7-3-1-4-8-17)27-29(12-11-28-13-15-30-16-14-28)23(19)26-25-22(20)18-9-5-2-6-10-18;1-3-4-9-15-10-8-13-17(14-15)20-18-19(23)21(16-11-6-5-7-12-16)24-25-22(18)27(2)26-20;1-27-18-14(16(26-27)11-6-3-2-4-7-11)15(20)17(24-25-18)12-8-5-9-13(10-12)19(21,22)23;1-24-19-15(17(23-24)13-8-10-14(25-2)11-9-13)16(20)18(21-22-19)12-6-4-3-5-7-12/h1-15H,16H2;1-10H,11-16H2;5-8,10-14H,3H2,1-2H3;2-10H,1H3;3-11H,1-2H3. The first-order chi connectivity index (χ1) is 67.4. The molecule has 1 aliphatic heterocycles. The third-order valence-corrected chi connectivity index (χ3v) is 24.7. The highest BCUT2D eigenvalue weighted by Crippen LogP contribution is 2.45. The van der Waals surface area contributed by atoms with Gasteiger partial charge in [0.15, 0.2) is 28.2 Å². The average Bonchev–Trinajstić information content (AvgIpc) is 1.62. The van der Waals surface area contributed by atoms with Gasteiger partial charge in [-0.1, -0.05) is 344 Å². The van der Waals surface area contributed by atoms with E-state index in [1.165, 1.54) is 12.1 Å². The summed E-state index contributed by atoms with van der Waals surface area (Å²) in [6, 6.07) is 99.7. The lowest BCUT2D eigenvalue weighted by Crippen LogP contribution is -2.38. The van der Waals surface area contributed by atoms with Gasteiger partial charge in [0.2, 0.25) is 0 Å². The summed E-state index contributed by atoms with van der Waals surface area (Å²) in [6.07, 6.45) is -3.64. The molecular formula is C107H83Cl5F3N21O2. The van der Waals surface area contributed by atoms with Gasteiger partial charge in [-0.25, -0.2) is 23.4 Å². The van der Waals surface area contributed by atoms with E-state index in [-0.39, 0.29) is 16.3 Å². The highest BCUT2D eigenvalue weighted by Gasteiger charge is 2.32. The summed E-state index contributed by atoms with van der Waals surface area (Å²) in [4.78, 5) is 2.38. The Bertz CT molecular complexity index is 7950. The van der Waals surface area contributed by atoms with Gasteiger partial charge in [-0.2, -0.15) is 38.7 Å². The number of benzene rings is 11. The maximum absolute atomic E-state index is 13.0. The Morgan fingerprint density at radius 1 is 0.326 bits per heavy atom. The van der Waals surface area contributed by atoms with Gasteiger partial charge in [0.05, 0.1) is 91.0 Å². The van der Waals surface area contributed by atoms with Gasteiger partial charge in [-0.3, -0.25) is 4.90 Å². The first kappa shape index (κ1) is 93.1. The summed E-state index contributed by atoms with van der Waals surface area (Å²) in [5.74, 6) is 7.06. The third kappa shape index (κ3) is 20.2. The van der Waals surface area contributed by atoms with Crippen LogP contribution in [0.3, 0.4) is 0 Å². The van der Waals surface area contributed by atoms with Crippen molar-refractivity contribution < 1.29 is 22.6 Å². The number of hydrogen-bond donors (Lipinski definition) is 0. The number of rotatable bonds is 16. The minimum atomic E-state index is -4.45. The van der Waals surface area contributed by atoms with Crippen LogP contribution < -0.4 is 4.74 Å². The molecule has 10 aromatic heterocycles. The Balaban J connectivity index is 0.000000115. The molecule has 11 aromatic carbocycles. The minimum absolute atomic E-state index is 0.181. The molecule has 0 amide bonds. The number of nitrogens with zero attached hydrogens (tertiary/aromatic N) is 21. The van der Waals surface area contributed by atoms with Crippen molar-refractivity contribution in [3.63, 3.8) is 0 Å². The number of methoxy groups -OCH3 is 1. The third-order valence-electron chi connectivity index (χ3n) is 22.9. The lowest BCUT2D eigenvalue weighted by molar-refractivity contribution is -0.137. The van der Waals surface area contributed by atoms with Crippen LogP contribution >= 0.6 is 58.0 Å². The molecule has 1 saturated heterocycles. The van der Waals surface area contributed by atoms with Crippen molar-refractivity contribution in [2.24, 2.45) is 21.1 Å². The smallest absolute Gasteiger partial charge is 0.416 e. The largest absolute Gasteiger partial charge is 0.497 e. The molecule has 138 heavy (non-hydrogen) atoms. The summed E-state index contributed by atoms with van der Waals surface area (Å²) >= 11 is 33.9. The molecule has 31 heteroatoms. The summed E-state index contributed by atoms with van der Waals surface area (Å²) in [5, 5.41) is 73.3. The van der Waals surface area contributed by atoms with Crippen LogP contribution in [0.5, 0.6) is 5.75 Å². The van der Waals surface area contributed by atoms with Gasteiger partial charge in [0, 0.05) is 108 Å². The van der Waals surface area contributed by atoms with E-state index in [1.54, 1.807) is 28.2 Å². The van der Waals surface area contributed by atoms with Gasteiger partial charge >= 0.3 is 6.18 Å². The molecule has 0 saturated carbocycles. The first-order valence-electron chi connectivity index (χ1n) is 44.0. The molecule has 22 rings (SSSR count). The van der Waals surface area contributed by atoms with E-state index in [9.17, 15) is 13.2 Å². The summed E-state index contributed by atoms with van der Waals surface area (Å²) < 4.78 is 58.6. The molecule has 684 valence electrons. The second-order valence-electron chi connectivity index (χ2n) is 31.8. The van der Waals surface area contributed by atoms with E-state index in [0.717, 1.165) is 169 Å². The Labute approximate surface area is 816 Å². The maximum Gasteiger partial charge on any atom is 0.416 e. The zero-order valence-electron chi connectivity index (χ0n) is 74.9. The van der Waals surface area contributed by atoms with Crippen LogP contribution in [0.1, 0.15) is 30.0 Å². The van der Waals surface area contributed by atoms with Crippen molar-refractivity contribution in [3.8, 4) is 130 Å². The van der Waals surface area contributed by atoms with Crippen molar-refractivity contribution in [2.75, 3.05) is 40.0 Å². The number of halogens is 8. The maximum atomic E-state index is 13.0. The molecule has 23 nitrogen and oxygen atoms in total. The van der Waals surface area contributed by atoms with Crippen LogP contribution in [0, 0.1) is 11.8 Å². The van der Waals surface area contributed by atoms with E-state index in [1.807, 2.05) is 309 Å². The molecule has 0 unspecified atom stereocenters. The van der Waals surface area contributed by atoms with Crippen LogP contribution in [0.25, 0.3) is 168 Å². The molecule has 21 aromatic rings. The van der Waals surface area contributed by atoms with Crippen LogP contribution in [-0.4, -0.2) is 145 Å². The van der Waals surface area contributed by atoms with Crippen molar-refractivity contribution in [1.82, 2.24) is 105 Å². The zero-order valence-corrected chi connectivity index (χ0v) is 78.7. The fraction of sp³-hybridized carbons (Fsp3) is 0.131. The molecule has 0 spiro atoms. The molecule has 0 N–H and O–H groups in total. The molecule has 0 bridgehead atoms. The van der Waals surface area contributed by atoms with Crippen LogP contribution in [0.2, 0.25) is 25.1 Å². The Kier molecular flexibility index (Phi) is 28.5. The van der Waals surface area contributed by atoms with Crippen LogP contribution in [0.4, 0.5) is 13.2 Å². The SMILES string of the molecule is CCC#Cc1cccc(-c2nn(C)c3nnc(-c4ccccc4)c(Cl)c23)c1.COc1ccc(-c2nn(C)c3nnc(-c4ccccc4)c(Cl)c23)cc1.Clc1c(-c2ccccc2)nnc2c1c(-c1ccccc1)nn2CCN1CCOCC1.Clc1c(-c2ccccc2)nnc2c1c(-c1ccccc1)nn2Cc1ccccc1.Cn1nc(-c2ccccc2)c2c(Cl)c(-c3cccc(C(F)(F)F)c3)nnc21. The number of morpholine rings is 1. The highest BCUT2D eigenvalue weighted by atomic mass is 35.5.